The Balaban J connectivity index is 1.21. The largest absolute Gasteiger partial charge is 0.456 e. The van der Waals surface area contributed by atoms with E-state index >= 15 is 0 Å². The van der Waals surface area contributed by atoms with Crippen molar-refractivity contribution in [2.24, 2.45) is 0 Å². The molecule has 10 rings (SSSR count). The minimum atomic E-state index is 0.0710. The molecule has 2 heteroatoms. The van der Waals surface area contributed by atoms with Gasteiger partial charge in [0.2, 0.25) is 0 Å². The van der Waals surface area contributed by atoms with Gasteiger partial charge in [-0.25, -0.2) is 0 Å². The molecule has 1 heterocycles. The maximum Gasteiger partial charge on any atom is 0.136 e. The van der Waals surface area contributed by atoms with Crippen molar-refractivity contribution >= 4 is 49.8 Å². The second-order valence-corrected chi connectivity index (χ2v) is 17.1. The summed E-state index contributed by atoms with van der Waals surface area (Å²) in [6.07, 6.45) is 6.47. The standard InChI is InChI=1S/C56H49NO/c1-56(2,3)42-35-33-39(34-36-42)44-23-7-10-29-50(44)57(43-22-13-21-41(37-43)46-27-16-32-53-55(46)49-25-9-12-31-52(49)58-53)51-30-11-8-24-47(51)48-28-15-20-40-19-14-26-45(54(40)48)38-17-5-4-6-18-38/h7-16,19-38H,4-6,17-18H2,1-3H3. The highest BCUT2D eigenvalue weighted by atomic mass is 16.3. The minimum absolute atomic E-state index is 0.0710. The molecule has 2 nitrogen and oxygen atoms in total. The molecule has 0 saturated heterocycles. The first-order valence-corrected chi connectivity index (χ1v) is 21.0. The Morgan fingerprint density at radius 3 is 1.90 bits per heavy atom. The summed E-state index contributed by atoms with van der Waals surface area (Å²) in [5.74, 6) is 0.581. The van der Waals surface area contributed by atoms with Gasteiger partial charge in [-0.15, -0.1) is 0 Å². The van der Waals surface area contributed by atoms with Crippen LogP contribution in [0.2, 0.25) is 0 Å². The van der Waals surface area contributed by atoms with Gasteiger partial charge < -0.3 is 9.32 Å². The summed E-state index contributed by atoms with van der Waals surface area (Å²) in [6, 6.07) is 64.9. The van der Waals surface area contributed by atoms with Crippen LogP contribution in [0.15, 0.2) is 180 Å². The second-order valence-electron chi connectivity index (χ2n) is 17.1. The lowest BCUT2D eigenvalue weighted by Gasteiger charge is -2.31. The maximum absolute atomic E-state index is 6.37. The summed E-state index contributed by atoms with van der Waals surface area (Å²) < 4.78 is 6.37. The van der Waals surface area contributed by atoms with E-state index in [0.29, 0.717) is 5.92 Å². The third-order valence-electron chi connectivity index (χ3n) is 12.4. The predicted octanol–water partition coefficient (Wildman–Crippen LogP) is 16.6. The summed E-state index contributed by atoms with van der Waals surface area (Å²) in [5.41, 5.74) is 15.3. The molecular weight excluding hydrogens is 703 g/mol. The molecule has 0 unspecified atom stereocenters. The molecule has 9 aromatic rings. The van der Waals surface area contributed by atoms with Crippen molar-refractivity contribution in [3.05, 3.63) is 187 Å². The first-order valence-electron chi connectivity index (χ1n) is 21.0. The van der Waals surface area contributed by atoms with Crippen LogP contribution in [0, 0.1) is 0 Å². The van der Waals surface area contributed by atoms with Gasteiger partial charge in [-0.05, 0) is 105 Å². The lowest BCUT2D eigenvalue weighted by atomic mass is 9.80. The zero-order valence-corrected chi connectivity index (χ0v) is 33.7. The van der Waals surface area contributed by atoms with Crippen LogP contribution in [0.4, 0.5) is 17.1 Å². The molecule has 0 radical (unpaired) electrons. The van der Waals surface area contributed by atoms with Crippen LogP contribution in [0.5, 0.6) is 0 Å². The number of nitrogens with zero attached hydrogens (tertiary/aromatic N) is 1. The third kappa shape index (κ3) is 6.47. The molecule has 0 spiro atoms. The smallest absolute Gasteiger partial charge is 0.136 e. The average molecular weight is 752 g/mol. The van der Waals surface area contributed by atoms with Gasteiger partial charge in [0.25, 0.3) is 0 Å². The number of furan rings is 1. The molecule has 0 N–H and O–H groups in total. The highest BCUT2D eigenvalue weighted by Crippen LogP contribution is 2.48. The predicted molar refractivity (Wildman–Crippen MR) is 247 cm³/mol. The fourth-order valence-corrected chi connectivity index (χ4v) is 9.54. The normalized spacial score (nSPS) is 13.7. The number of para-hydroxylation sites is 3. The summed E-state index contributed by atoms with van der Waals surface area (Å²) in [7, 11) is 0. The molecular formula is C56H49NO. The third-order valence-corrected chi connectivity index (χ3v) is 12.4. The number of hydrogen-bond donors (Lipinski definition) is 0. The van der Waals surface area contributed by atoms with Crippen LogP contribution in [0.3, 0.4) is 0 Å². The number of benzene rings is 8. The van der Waals surface area contributed by atoms with Gasteiger partial charge in [-0.1, -0.05) is 180 Å². The molecule has 0 aliphatic heterocycles. The van der Waals surface area contributed by atoms with Crippen LogP contribution in [-0.4, -0.2) is 0 Å². The van der Waals surface area contributed by atoms with E-state index in [-0.39, 0.29) is 5.41 Å². The van der Waals surface area contributed by atoms with Gasteiger partial charge in [0.05, 0.1) is 11.4 Å². The first kappa shape index (κ1) is 36.0. The summed E-state index contributed by atoms with van der Waals surface area (Å²) >= 11 is 0. The van der Waals surface area contributed by atoms with Crippen molar-refractivity contribution < 1.29 is 4.42 Å². The van der Waals surface area contributed by atoms with Crippen LogP contribution in [0.25, 0.3) is 66.1 Å². The van der Waals surface area contributed by atoms with E-state index in [1.165, 1.54) is 76.3 Å². The van der Waals surface area contributed by atoms with Gasteiger partial charge in [0.1, 0.15) is 11.2 Å². The molecule has 1 aliphatic rings. The summed E-state index contributed by atoms with van der Waals surface area (Å²) in [6.45, 7) is 6.84. The summed E-state index contributed by atoms with van der Waals surface area (Å²) in [4.78, 5) is 2.50. The molecule has 284 valence electrons. The van der Waals surface area contributed by atoms with Gasteiger partial charge in [-0.2, -0.15) is 0 Å². The number of anilines is 3. The van der Waals surface area contributed by atoms with E-state index in [0.717, 1.165) is 50.1 Å². The monoisotopic (exact) mass is 751 g/mol. The topological polar surface area (TPSA) is 16.4 Å². The molecule has 0 atom stereocenters. The van der Waals surface area contributed by atoms with Crippen LogP contribution in [-0.2, 0) is 5.41 Å². The van der Waals surface area contributed by atoms with E-state index < -0.39 is 0 Å². The molecule has 0 bridgehead atoms. The molecule has 1 saturated carbocycles. The van der Waals surface area contributed by atoms with Crippen LogP contribution in [0.1, 0.15) is 69.9 Å². The molecule has 1 fully saturated rings. The number of hydrogen-bond acceptors (Lipinski definition) is 2. The molecule has 1 aromatic heterocycles. The Hall–Kier alpha value is -6.38. The van der Waals surface area contributed by atoms with Crippen LogP contribution < -0.4 is 4.90 Å². The van der Waals surface area contributed by atoms with Crippen molar-refractivity contribution in [1.29, 1.82) is 0 Å². The zero-order chi connectivity index (χ0) is 39.2. The van der Waals surface area contributed by atoms with Gasteiger partial charge in [0, 0.05) is 27.6 Å². The highest BCUT2D eigenvalue weighted by Gasteiger charge is 2.25. The number of fused-ring (bicyclic) bond motifs is 4. The summed E-state index contributed by atoms with van der Waals surface area (Å²) in [5, 5.41) is 4.98. The molecule has 0 amide bonds. The quantitative estimate of drug-likeness (QED) is 0.161. The van der Waals surface area contributed by atoms with Crippen molar-refractivity contribution in [3.63, 3.8) is 0 Å². The Bertz CT molecular complexity index is 2910. The fraction of sp³-hybridized carbons (Fsp3) is 0.179. The van der Waals surface area contributed by atoms with E-state index in [4.69, 9.17) is 4.42 Å². The highest BCUT2D eigenvalue weighted by molar-refractivity contribution is 6.12. The lowest BCUT2D eigenvalue weighted by Crippen LogP contribution is -2.13. The second kappa shape index (κ2) is 14.8. The van der Waals surface area contributed by atoms with Gasteiger partial charge in [-0.3, -0.25) is 0 Å². The first-order chi connectivity index (χ1) is 28.4. The zero-order valence-electron chi connectivity index (χ0n) is 33.7. The Labute approximate surface area is 342 Å². The van der Waals surface area contributed by atoms with Crippen LogP contribution >= 0.6 is 0 Å². The van der Waals surface area contributed by atoms with E-state index in [1.54, 1.807) is 0 Å². The van der Waals surface area contributed by atoms with Gasteiger partial charge >= 0.3 is 0 Å². The van der Waals surface area contributed by atoms with Crippen molar-refractivity contribution in [1.82, 2.24) is 0 Å². The number of rotatable bonds is 7. The van der Waals surface area contributed by atoms with E-state index in [9.17, 15) is 0 Å². The Morgan fingerprint density at radius 1 is 0.483 bits per heavy atom. The maximum atomic E-state index is 6.37. The van der Waals surface area contributed by atoms with Crippen molar-refractivity contribution in [2.45, 2.75) is 64.2 Å². The van der Waals surface area contributed by atoms with E-state index in [2.05, 4.69) is 196 Å². The molecule has 8 aromatic carbocycles. The lowest BCUT2D eigenvalue weighted by molar-refractivity contribution is 0.445. The fourth-order valence-electron chi connectivity index (χ4n) is 9.54. The van der Waals surface area contributed by atoms with Crippen molar-refractivity contribution in [3.8, 4) is 33.4 Å². The SMILES string of the molecule is CC(C)(C)c1ccc(-c2ccccc2N(c2cccc(-c3cccc4oc5ccccc5c34)c2)c2ccccc2-c2cccc3cccc(C4CCCCC4)c23)cc1. The van der Waals surface area contributed by atoms with E-state index in [1.807, 2.05) is 6.07 Å². The Morgan fingerprint density at radius 2 is 1.10 bits per heavy atom. The molecule has 1 aliphatic carbocycles. The van der Waals surface area contributed by atoms with Crippen molar-refractivity contribution in [2.75, 3.05) is 4.90 Å². The Kier molecular flexibility index (Phi) is 9.21. The average Bonchev–Trinajstić information content (AvgIpc) is 3.66. The van der Waals surface area contributed by atoms with Gasteiger partial charge in [0.15, 0.2) is 0 Å². The molecule has 58 heavy (non-hydrogen) atoms. The minimum Gasteiger partial charge on any atom is -0.456 e.